The van der Waals surface area contributed by atoms with Crippen LogP contribution in [0.4, 0.5) is 0 Å². The fraction of sp³-hybridized carbons (Fsp3) is 0.385. The lowest BCUT2D eigenvalue weighted by Crippen LogP contribution is -2.16. The zero-order valence-corrected chi connectivity index (χ0v) is 19.8. The fourth-order valence-corrected chi connectivity index (χ4v) is 3.56. The maximum absolute atomic E-state index is 12.1. The number of carbonyl (C=O) groups excluding carboxylic acids is 2. The third kappa shape index (κ3) is 6.51. The molecule has 0 aliphatic rings. The Labute approximate surface area is 198 Å². The zero-order valence-electron chi connectivity index (χ0n) is 19.0. The van der Waals surface area contributed by atoms with Crippen LogP contribution in [0.3, 0.4) is 0 Å². The van der Waals surface area contributed by atoms with Gasteiger partial charge in [0.05, 0.1) is 13.2 Å². The largest absolute Gasteiger partial charge is 0.481 e. The second kappa shape index (κ2) is 12.3. The smallest absolute Gasteiger partial charge is 0.344 e. The van der Waals surface area contributed by atoms with Crippen molar-refractivity contribution in [2.75, 3.05) is 26.4 Å². The van der Waals surface area contributed by atoms with Crippen LogP contribution in [-0.4, -0.2) is 38.4 Å². The first kappa shape index (κ1) is 24.6. The summed E-state index contributed by atoms with van der Waals surface area (Å²) in [6, 6.07) is 12.8. The van der Waals surface area contributed by atoms with Gasteiger partial charge in [-0.25, -0.2) is 9.59 Å². The predicted octanol–water partition coefficient (Wildman–Crippen LogP) is 6.09. The van der Waals surface area contributed by atoms with Gasteiger partial charge in [-0.3, -0.25) is 0 Å². The van der Waals surface area contributed by atoms with Crippen LogP contribution in [-0.2, 0) is 19.1 Å². The molecular weight excluding hydrogens is 444 g/mol. The maximum atomic E-state index is 12.1. The summed E-state index contributed by atoms with van der Waals surface area (Å²) in [5, 5.41) is 3.40. The van der Waals surface area contributed by atoms with Crippen molar-refractivity contribution < 1.29 is 28.5 Å². The summed E-state index contributed by atoms with van der Waals surface area (Å²) in [7, 11) is 0. The Kier molecular flexibility index (Phi) is 9.19. The van der Waals surface area contributed by atoms with E-state index in [1.807, 2.05) is 44.2 Å². The fourth-order valence-electron chi connectivity index (χ4n) is 3.39. The molecule has 0 fully saturated rings. The van der Waals surface area contributed by atoms with E-state index in [-0.39, 0.29) is 13.2 Å². The van der Waals surface area contributed by atoms with E-state index in [2.05, 4.69) is 0 Å². The summed E-state index contributed by atoms with van der Waals surface area (Å²) in [6.07, 6.45) is 3.50. The highest BCUT2D eigenvalue weighted by molar-refractivity contribution is 6.31. The van der Waals surface area contributed by atoms with Gasteiger partial charge < -0.3 is 18.9 Å². The Hall–Kier alpha value is -2.99. The molecule has 3 aromatic rings. The Balaban J connectivity index is 1.94. The topological polar surface area (TPSA) is 71.1 Å². The molecule has 0 radical (unpaired) electrons. The van der Waals surface area contributed by atoms with Gasteiger partial charge in [-0.05, 0) is 31.0 Å². The summed E-state index contributed by atoms with van der Waals surface area (Å²) in [4.78, 5) is 24.3. The van der Waals surface area contributed by atoms with Gasteiger partial charge in [0, 0.05) is 26.6 Å². The molecule has 0 N–H and O–H groups in total. The highest BCUT2D eigenvalue weighted by Crippen LogP contribution is 2.43. The number of rotatable bonds is 12. The van der Waals surface area contributed by atoms with Gasteiger partial charge >= 0.3 is 11.9 Å². The van der Waals surface area contributed by atoms with E-state index in [0.29, 0.717) is 40.5 Å². The second-order valence-electron chi connectivity index (χ2n) is 7.62. The number of ether oxygens (including phenoxy) is 4. The van der Waals surface area contributed by atoms with Crippen molar-refractivity contribution in [3.05, 3.63) is 47.5 Å². The van der Waals surface area contributed by atoms with Crippen molar-refractivity contribution in [2.24, 2.45) is 0 Å². The Morgan fingerprint density at radius 2 is 1.21 bits per heavy atom. The minimum absolute atomic E-state index is 0.213. The van der Waals surface area contributed by atoms with Crippen LogP contribution < -0.4 is 9.47 Å². The van der Waals surface area contributed by atoms with Crippen LogP contribution in [0.25, 0.3) is 21.5 Å². The molecule has 0 atom stereocenters. The van der Waals surface area contributed by atoms with Crippen LogP contribution >= 0.6 is 11.6 Å². The number of benzene rings is 3. The minimum atomic E-state index is -0.433. The molecule has 33 heavy (non-hydrogen) atoms. The summed E-state index contributed by atoms with van der Waals surface area (Å²) in [6.45, 7) is 4.36. The molecule has 3 aromatic carbocycles. The normalized spacial score (nSPS) is 10.9. The molecule has 0 aliphatic heterocycles. The van der Waals surface area contributed by atoms with Gasteiger partial charge in [-0.2, -0.15) is 0 Å². The average molecular weight is 473 g/mol. The van der Waals surface area contributed by atoms with E-state index in [1.165, 1.54) is 0 Å². The van der Waals surface area contributed by atoms with E-state index < -0.39 is 11.9 Å². The van der Waals surface area contributed by atoms with E-state index in [1.54, 1.807) is 12.1 Å². The van der Waals surface area contributed by atoms with E-state index in [0.717, 1.165) is 36.5 Å². The zero-order chi connectivity index (χ0) is 23.6. The highest BCUT2D eigenvalue weighted by atomic mass is 35.5. The molecule has 0 bridgehead atoms. The number of hydrogen-bond acceptors (Lipinski definition) is 6. The van der Waals surface area contributed by atoms with Crippen molar-refractivity contribution >= 4 is 45.1 Å². The number of carbonyl (C=O) groups is 2. The molecule has 0 spiro atoms. The molecule has 0 saturated heterocycles. The quantitative estimate of drug-likeness (QED) is 0.180. The van der Waals surface area contributed by atoms with Crippen molar-refractivity contribution in [3.63, 3.8) is 0 Å². The van der Waals surface area contributed by atoms with Crippen molar-refractivity contribution in [3.8, 4) is 11.5 Å². The van der Waals surface area contributed by atoms with Gasteiger partial charge in [0.25, 0.3) is 0 Å². The Morgan fingerprint density at radius 1 is 0.727 bits per heavy atom. The van der Waals surface area contributed by atoms with E-state index in [4.69, 9.17) is 30.5 Å². The predicted molar refractivity (Wildman–Crippen MR) is 129 cm³/mol. The molecule has 0 unspecified atom stereocenters. The molecule has 0 saturated carbocycles. The Morgan fingerprint density at radius 3 is 1.73 bits per heavy atom. The third-order valence-corrected chi connectivity index (χ3v) is 5.31. The lowest BCUT2D eigenvalue weighted by Gasteiger charge is -2.17. The molecular formula is C26H29ClO6. The summed E-state index contributed by atoms with van der Waals surface area (Å²) in [5.41, 5.74) is 0. The molecule has 176 valence electrons. The first-order valence-electron chi connectivity index (χ1n) is 11.3. The van der Waals surface area contributed by atoms with Crippen LogP contribution in [0, 0.1) is 0 Å². The van der Waals surface area contributed by atoms with Crippen LogP contribution in [0.2, 0.25) is 5.02 Å². The van der Waals surface area contributed by atoms with Crippen molar-refractivity contribution in [1.82, 2.24) is 0 Å². The maximum Gasteiger partial charge on any atom is 0.344 e. The van der Waals surface area contributed by atoms with Gasteiger partial charge in [0.1, 0.15) is 11.5 Å². The van der Waals surface area contributed by atoms with Crippen LogP contribution in [0.1, 0.15) is 39.5 Å². The van der Waals surface area contributed by atoms with E-state index in [9.17, 15) is 9.59 Å². The van der Waals surface area contributed by atoms with Gasteiger partial charge in [-0.15, -0.1) is 0 Å². The summed E-state index contributed by atoms with van der Waals surface area (Å²) < 4.78 is 22.3. The average Bonchev–Trinajstić information content (AvgIpc) is 2.81. The monoisotopic (exact) mass is 472 g/mol. The standard InChI is InChI=1S/C26H29ClO6/c1-3-5-13-30-23(28)16-32-25-19-9-7-8-10-20(19)26(22-15-18(27)11-12-21(22)25)33-17-24(29)31-14-6-4-2/h7-12,15H,3-6,13-14,16-17H2,1-2H3. The first-order chi connectivity index (χ1) is 16.0. The van der Waals surface area contributed by atoms with E-state index >= 15 is 0 Å². The second-order valence-corrected chi connectivity index (χ2v) is 8.06. The van der Waals surface area contributed by atoms with Crippen LogP contribution in [0.15, 0.2) is 42.5 Å². The molecule has 0 aliphatic carbocycles. The molecule has 0 aromatic heterocycles. The van der Waals surface area contributed by atoms with Gasteiger partial charge in [-0.1, -0.05) is 62.6 Å². The van der Waals surface area contributed by atoms with Gasteiger partial charge in [0.15, 0.2) is 13.2 Å². The molecule has 6 nitrogen and oxygen atoms in total. The first-order valence-corrected chi connectivity index (χ1v) is 11.6. The van der Waals surface area contributed by atoms with Crippen molar-refractivity contribution in [2.45, 2.75) is 39.5 Å². The minimum Gasteiger partial charge on any atom is -0.481 e. The third-order valence-electron chi connectivity index (χ3n) is 5.08. The number of hydrogen-bond donors (Lipinski definition) is 0. The lowest BCUT2D eigenvalue weighted by atomic mass is 10.0. The SMILES string of the molecule is CCCCOC(=O)COc1c2ccccc2c(OCC(=O)OCCCC)c2cc(Cl)ccc12. The van der Waals surface area contributed by atoms with Crippen LogP contribution in [0.5, 0.6) is 11.5 Å². The van der Waals surface area contributed by atoms with Gasteiger partial charge in [0.2, 0.25) is 0 Å². The highest BCUT2D eigenvalue weighted by Gasteiger charge is 2.18. The number of halogens is 1. The Bertz CT molecular complexity index is 1110. The summed E-state index contributed by atoms with van der Waals surface area (Å²) >= 11 is 6.28. The van der Waals surface area contributed by atoms with Crippen molar-refractivity contribution in [1.29, 1.82) is 0 Å². The summed E-state index contributed by atoms with van der Waals surface area (Å²) in [5.74, 6) is 0.179. The number of fused-ring (bicyclic) bond motifs is 2. The number of unbranched alkanes of at least 4 members (excludes halogenated alkanes) is 2. The lowest BCUT2D eigenvalue weighted by molar-refractivity contribution is -0.146. The molecule has 7 heteroatoms. The molecule has 3 rings (SSSR count). The number of esters is 2. The molecule has 0 amide bonds. The molecule has 0 heterocycles.